The van der Waals surface area contributed by atoms with E-state index in [2.05, 4.69) is 10.4 Å². The highest BCUT2D eigenvalue weighted by Crippen LogP contribution is 2.25. The molecule has 0 saturated heterocycles. The predicted molar refractivity (Wildman–Crippen MR) is 92.4 cm³/mol. The number of benzene rings is 1. The fourth-order valence-electron chi connectivity index (χ4n) is 2.24. The summed E-state index contributed by atoms with van der Waals surface area (Å²) in [5.74, 6) is -0.608. The number of nitrogens with two attached hydrogens (primary N) is 1. The SMILES string of the molecule is CC(NC(=O)c1cc(-c2ccco2)n(-c2cccc(Cl)c2)n1)C(N)=O. The molecule has 0 aliphatic heterocycles. The summed E-state index contributed by atoms with van der Waals surface area (Å²) in [7, 11) is 0. The molecule has 1 aromatic carbocycles. The van der Waals surface area contributed by atoms with Crippen molar-refractivity contribution in [2.75, 3.05) is 0 Å². The molecule has 0 saturated carbocycles. The topological polar surface area (TPSA) is 103 Å². The lowest BCUT2D eigenvalue weighted by Crippen LogP contribution is -2.42. The first-order chi connectivity index (χ1) is 12.0. The van der Waals surface area contributed by atoms with Crippen molar-refractivity contribution in [3.63, 3.8) is 0 Å². The second kappa shape index (κ2) is 6.82. The van der Waals surface area contributed by atoms with Crippen molar-refractivity contribution in [2.24, 2.45) is 5.73 Å². The van der Waals surface area contributed by atoms with Crippen molar-refractivity contribution in [1.82, 2.24) is 15.1 Å². The molecular weight excluding hydrogens is 344 g/mol. The summed E-state index contributed by atoms with van der Waals surface area (Å²) in [5, 5.41) is 7.36. The lowest BCUT2D eigenvalue weighted by Gasteiger charge is -2.08. The van der Waals surface area contributed by atoms with E-state index in [0.29, 0.717) is 22.2 Å². The maximum absolute atomic E-state index is 12.3. The van der Waals surface area contributed by atoms with Crippen LogP contribution >= 0.6 is 11.6 Å². The molecule has 0 aliphatic rings. The Kier molecular flexibility index (Phi) is 4.58. The molecule has 1 unspecified atom stereocenters. The molecule has 0 bridgehead atoms. The number of nitrogens with zero attached hydrogens (tertiary/aromatic N) is 2. The molecule has 25 heavy (non-hydrogen) atoms. The molecule has 8 heteroatoms. The summed E-state index contributed by atoms with van der Waals surface area (Å²) in [4.78, 5) is 23.5. The van der Waals surface area contributed by atoms with E-state index in [1.165, 1.54) is 13.2 Å². The molecule has 0 radical (unpaired) electrons. The Bertz CT molecular complexity index is 918. The molecule has 0 fully saturated rings. The van der Waals surface area contributed by atoms with Gasteiger partial charge in [-0.1, -0.05) is 17.7 Å². The van der Waals surface area contributed by atoms with Gasteiger partial charge >= 0.3 is 0 Å². The second-order valence-corrected chi connectivity index (χ2v) is 5.82. The first kappa shape index (κ1) is 16.8. The number of primary amides is 1. The first-order valence-electron chi connectivity index (χ1n) is 7.46. The molecule has 2 aromatic heterocycles. The van der Waals surface area contributed by atoms with Gasteiger partial charge in [0.2, 0.25) is 5.91 Å². The zero-order chi connectivity index (χ0) is 18.0. The van der Waals surface area contributed by atoms with Gasteiger partial charge in [-0.15, -0.1) is 0 Å². The largest absolute Gasteiger partial charge is 0.463 e. The number of aromatic nitrogens is 2. The lowest BCUT2D eigenvalue weighted by molar-refractivity contribution is -0.119. The van der Waals surface area contributed by atoms with E-state index in [9.17, 15) is 9.59 Å². The fraction of sp³-hybridized carbons (Fsp3) is 0.118. The van der Waals surface area contributed by atoms with Gasteiger partial charge < -0.3 is 15.5 Å². The van der Waals surface area contributed by atoms with Crippen molar-refractivity contribution in [1.29, 1.82) is 0 Å². The molecule has 2 heterocycles. The van der Waals surface area contributed by atoms with Gasteiger partial charge in [0, 0.05) is 11.1 Å². The highest BCUT2D eigenvalue weighted by atomic mass is 35.5. The van der Waals surface area contributed by atoms with Gasteiger partial charge in [-0.25, -0.2) is 4.68 Å². The van der Waals surface area contributed by atoms with E-state index in [-0.39, 0.29) is 5.69 Å². The third-order valence-corrected chi connectivity index (χ3v) is 3.78. The Morgan fingerprint density at radius 2 is 2.08 bits per heavy atom. The van der Waals surface area contributed by atoms with Crippen LogP contribution in [-0.2, 0) is 4.79 Å². The molecule has 3 N–H and O–H groups in total. The van der Waals surface area contributed by atoms with Crippen LogP contribution in [0.3, 0.4) is 0 Å². The molecule has 0 aliphatic carbocycles. The molecule has 3 rings (SSSR count). The third-order valence-electron chi connectivity index (χ3n) is 3.54. The van der Waals surface area contributed by atoms with Crippen LogP contribution in [0.1, 0.15) is 17.4 Å². The first-order valence-corrected chi connectivity index (χ1v) is 7.83. The van der Waals surface area contributed by atoms with E-state index in [4.69, 9.17) is 21.8 Å². The minimum absolute atomic E-state index is 0.125. The summed E-state index contributed by atoms with van der Waals surface area (Å²) >= 11 is 6.05. The van der Waals surface area contributed by atoms with Crippen LogP contribution in [0, 0.1) is 0 Å². The molecule has 2 amide bonds. The quantitative estimate of drug-likeness (QED) is 0.730. The number of hydrogen-bond acceptors (Lipinski definition) is 4. The maximum Gasteiger partial charge on any atom is 0.272 e. The number of carbonyl (C=O) groups excluding carboxylic acids is 2. The molecular formula is C17H15ClN4O3. The Morgan fingerprint density at radius 3 is 2.72 bits per heavy atom. The van der Waals surface area contributed by atoms with Gasteiger partial charge in [-0.2, -0.15) is 5.10 Å². The molecule has 7 nitrogen and oxygen atoms in total. The standard InChI is InChI=1S/C17H15ClN4O3/c1-10(16(19)23)20-17(24)13-9-14(15-6-3-7-25-15)22(21-13)12-5-2-4-11(18)8-12/h2-10H,1H3,(H2,19,23)(H,20,24). The van der Waals surface area contributed by atoms with Crippen molar-refractivity contribution >= 4 is 23.4 Å². The fourth-order valence-corrected chi connectivity index (χ4v) is 2.42. The van der Waals surface area contributed by atoms with Gasteiger partial charge in [0.15, 0.2) is 11.5 Å². The van der Waals surface area contributed by atoms with Gasteiger partial charge in [-0.3, -0.25) is 9.59 Å². The number of nitrogens with one attached hydrogen (secondary N) is 1. The Morgan fingerprint density at radius 1 is 1.28 bits per heavy atom. The monoisotopic (exact) mass is 358 g/mol. The van der Waals surface area contributed by atoms with Gasteiger partial charge in [0.25, 0.3) is 5.91 Å². The van der Waals surface area contributed by atoms with Crippen LogP contribution in [0.15, 0.2) is 53.1 Å². The normalized spacial score (nSPS) is 11.9. The zero-order valence-corrected chi connectivity index (χ0v) is 14.0. The molecule has 3 aromatic rings. The van der Waals surface area contributed by atoms with Crippen LogP contribution in [0.2, 0.25) is 5.02 Å². The van der Waals surface area contributed by atoms with Crippen LogP contribution in [0.4, 0.5) is 0 Å². The van der Waals surface area contributed by atoms with E-state index in [1.807, 2.05) is 0 Å². The van der Waals surface area contributed by atoms with Crippen molar-refractivity contribution in [3.8, 4) is 17.1 Å². The molecule has 1 atom stereocenters. The smallest absolute Gasteiger partial charge is 0.272 e. The highest BCUT2D eigenvalue weighted by Gasteiger charge is 2.20. The number of hydrogen-bond donors (Lipinski definition) is 2. The van der Waals surface area contributed by atoms with E-state index in [0.717, 1.165) is 0 Å². The molecule has 128 valence electrons. The third kappa shape index (κ3) is 3.56. The highest BCUT2D eigenvalue weighted by molar-refractivity contribution is 6.30. The van der Waals surface area contributed by atoms with Crippen molar-refractivity contribution in [2.45, 2.75) is 13.0 Å². The predicted octanol–water partition coefficient (Wildman–Crippen LogP) is 2.39. The van der Waals surface area contributed by atoms with Gasteiger partial charge in [0.05, 0.1) is 12.0 Å². The van der Waals surface area contributed by atoms with E-state index in [1.54, 1.807) is 47.1 Å². The minimum atomic E-state index is -0.809. The minimum Gasteiger partial charge on any atom is -0.463 e. The van der Waals surface area contributed by atoms with Crippen LogP contribution in [0.25, 0.3) is 17.1 Å². The van der Waals surface area contributed by atoms with Crippen LogP contribution in [0.5, 0.6) is 0 Å². The van der Waals surface area contributed by atoms with Gasteiger partial charge in [-0.05, 0) is 37.3 Å². The van der Waals surface area contributed by atoms with E-state index < -0.39 is 17.9 Å². The van der Waals surface area contributed by atoms with Crippen LogP contribution in [-0.4, -0.2) is 27.6 Å². The number of halogens is 1. The Balaban J connectivity index is 2.04. The average Bonchev–Trinajstić information content (AvgIpc) is 3.24. The number of furan rings is 1. The number of carbonyl (C=O) groups is 2. The lowest BCUT2D eigenvalue weighted by atomic mass is 10.2. The summed E-state index contributed by atoms with van der Waals surface area (Å²) in [6.45, 7) is 1.50. The summed E-state index contributed by atoms with van der Waals surface area (Å²) in [6.07, 6.45) is 1.53. The Hall–Kier alpha value is -3.06. The summed E-state index contributed by atoms with van der Waals surface area (Å²) in [5.41, 5.74) is 6.54. The second-order valence-electron chi connectivity index (χ2n) is 5.38. The summed E-state index contributed by atoms with van der Waals surface area (Å²) < 4.78 is 6.97. The Labute approximate surface area is 148 Å². The zero-order valence-electron chi connectivity index (χ0n) is 13.3. The van der Waals surface area contributed by atoms with Gasteiger partial charge in [0.1, 0.15) is 11.7 Å². The van der Waals surface area contributed by atoms with Crippen molar-refractivity contribution < 1.29 is 14.0 Å². The average molecular weight is 359 g/mol. The van der Waals surface area contributed by atoms with Crippen LogP contribution < -0.4 is 11.1 Å². The number of rotatable bonds is 5. The maximum atomic E-state index is 12.3. The van der Waals surface area contributed by atoms with E-state index >= 15 is 0 Å². The summed E-state index contributed by atoms with van der Waals surface area (Å²) in [6, 6.07) is 11.3. The number of amides is 2. The molecule has 0 spiro atoms. The van der Waals surface area contributed by atoms with Crippen molar-refractivity contribution in [3.05, 3.63) is 59.4 Å².